The summed E-state index contributed by atoms with van der Waals surface area (Å²) >= 11 is 3.36. The summed E-state index contributed by atoms with van der Waals surface area (Å²) in [6.45, 7) is 2.43. The fraction of sp³-hybridized carbons (Fsp3) is 0.500. The monoisotopic (exact) mass is 443 g/mol. The number of nitrogens with zero attached hydrogens (tertiary/aromatic N) is 2. The molecule has 1 aliphatic carbocycles. The minimum absolute atomic E-state index is 0.0880. The maximum absolute atomic E-state index is 13.4. The highest BCUT2D eigenvalue weighted by Gasteiger charge is 2.55. The standard InChI is InChI=1S/C22H25N3O3S2/c1-14-5-2-3-9-22(14)20(27)25(21(28)23-22)13-18(26)24-10-7-16-15(8-12-30-16)19(24)17-6-4-11-29-17/h4,6,8,11-12,14,19H,2-3,5,7,9-10,13H2,1H3,(H,23,28)/t14-,19+,22-/m1/s1. The minimum Gasteiger partial charge on any atom is -0.329 e. The van der Waals surface area contributed by atoms with Crippen LogP contribution in [0.3, 0.4) is 0 Å². The van der Waals surface area contributed by atoms with E-state index in [1.807, 2.05) is 23.3 Å². The first-order valence-corrected chi connectivity index (χ1v) is 12.3. The molecule has 1 saturated carbocycles. The van der Waals surface area contributed by atoms with Crippen LogP contribution in [0.5, 0.6) is 0 Å². The van der Waals surface area contributed by atoms with Crippen LogP contribution in [0, 0.1) is 5.92 Å². The van der Waals surface area contributed by atoms with E-state index in [0.717, 1.165) is 41.0 Å². The third kappa shape index (κ3) is 3.00. The van der Waals surface area contributed by atoms with E-state index in [4.69, 9.17) is 0 Å². The average Bonchev–Trinajstić information content (AvgIpc) is 3.47. The Labute approximate surface area is 183 Å². The zero-order valence-corrected chi connectivity index (χ0v) is 18.6. The zero-order chi connectivity index (χ0) is 20.9. The molecule has 3 aliphatic rings. The number of thiophene rings is 2. The molecule has 4 heterocycles. The summed E-state index contributed by atoms with van der Waals surface area (Å²) in [5.74, 6) is -0.312. The maximum Gasteiger partial charge on any atom is 0.325 e. The van der Waals surface area contributed by atoms with Gasteiger partial charge in [-0.1, -0.05) is 25.8 Å². The van der Waals surface area contributed by atoms with E-state index in [0.29, 0.717) is 13.0 Å². The molecule has 1 spiro atoms. The Kier molecular flexibility index (Phi) is 4.94. The fourth-order valence-corrected chi connectivity index (χ4v) is 6.96. The summed E-state index contributed by atoms with van der Waals surface area (Å²) in [7, 11) is 0. The van der Waals surface area contributed by atoms with Gasteiger partial charge in [0.2, 0.25) is 5.91 Å². The first kappa shape index (κ1) is 19.8. The molecule has 6 nitrogen and oxygen atoms in total. The van der Waals surface area contributed by atoms with E-state index >= 15 is 0 Å². The number of imide groups is 1. The second kappa shape index (κ2) is 7.50. The predicted octanol–water partition coefficient (Wildman–Crippen LogP) is 3.78. The van der Waals surface area contributed by atoms with Crippen LogP contribution >= 0.6 is 22.7 Å². The topological polar surface area (TPSA) is 69.7 Å². The van der Waals surface area contributed by atoms with Gasteiger partial charge in [0.25, 0.3) is 5.91 Å². The second-order valence-electron chi connectivity index (χ2n) is 8.49. The molecule has 5 rings (SSSR count). The van der Waals surface area contributed by atoms with Crippen molar-refractivity contribution in [1.29, 1.82) is 0 Å². The summed E-state index contributed by atoms with van der Waals surface area (Å²) < 4.78 is 0. The molecule has 158 valence electrons. The van der Waals surface area contributed by atoms with Crippen LogP contribution in [0.2, 0.25) is 0 Å². The van der Waals surface area contributed by atoms with Crippen LogP contribution in [0.4, 0.5) is 4.79 Å². The van der Waals surface area contributed by atoms with E-state index < -0.39 is 11.6 Å². The molecule has 2 aliphatic heterocycles. The lowest BCUT2D eigenvalue weighted by Crippen LogP contribution is -2.54. The van der Waals surface area contributed by atoms with Gasteiger partial charge in [-0.25, -0.2) is 4.79 Å². The Morgan fingerprint density at radius 3 is 2.87 bits per heavy atom. The summed E-state index contributed by atoms with van der Waals surface area (Å²) in [6.07, 6.45) is 4.38. The van der Waals surface area contributed by atoms with Gasteiger partial charge in [0.1, 0.15) is 12.1 Å². The summed E-state index contributed by atoms with van der Waals surface area (Å²) in [5.41, 5.74) is 0.335. The predicted molar refractivity (Wildman–Crippen MR) is 117 cm³/mol. The van der Waals surface area contributed by atoms with Crippen molar-refractivity contribution >= 4 is 40.5 Å². The van der Waals surface area contributed by atoms with E-state index in [9.17, 15) is 14.4 Å². The van der Waals surface area contributed by atoms with Crippen molar-refractivity contribution in [1.82, 2.24) is 15.1 Å². The van der Waals surface area contributed by atoms with Gasteiger partial charge >= 0.3 is 6.03 Å². The van der Waals surface area contributed by atoms with E-state index in [-0.39, 0.29) is 30.3 Å². The number of urea groups is 1. The molecule has 30 heavy (non-hydrogen) atoms. The smallest absolute Gasteiger partial charge is 0.325 e. The van der Waals surface area contributed by atoms with E-state index in [1.54, 1.807) is 22.7 Å². The van der Waals surface area contributed by atoms with Gasteiger partial charge in [0, 0.05) is 16.3 Å². The number of amides is 4. The lowest BCUT2D eigenvalue weighted by atomic mass is 9.73. The molecular weight excluding hydrogens is 418 g/mol. The number of rotatable bonds is 3. The van der Waals surface area contributed by atoms with Crippen molar-refractivity contribution in [3.63, 3.8) is 0 Å². The minimum atomic E-state index is -0.828. The van der Waals surface area contributed by atoms with Crippen molar-refractivity contribution in [2.75, 3.05) is 13.1 Å². The SMILES string of the molecule is C[C@@H]1CCCC[C@@]12NC(=O)N(CC(=O)N1CCc3sccc3[C@H]1c1cccs1)C2=O. The number of fused-ring (bicyclic) bond motifs is 1. The van der Waals surface area contributed by atoms with Crippen LogP contribution in [-0.4, -0.2) is 46.3 Å². The number of carbonyl (C=O) groups excluding carboxylic acids is 3. The summed E-state index contributed by atoms with van der Waals surface area (Å²) in [4.78, 5) is 44.8. The average molecular weight is 444 g/mol. The number of hydrogen-bond donors (Lipinski definition) is 1. The summed E-state index contributed by atoms with van der Waals surface area (Å²) in [5, 5.41) is 7.04. The van der Waals surface area contributed by atoms with Crippen LogP contribution in [0.25, 0.3) is 0 Å². The molecule has 2 aromatic rings. The second-order valence-corrected chi connectivity index (χ2v) is 10.5. The fourth-order valence-electron chi connectivity index (χ4n) is 5.20. The molecule has 4 amide bonds. The Balaban J connectivity index is 1.40. The Morgan fingerprint density at radius 2 is 2.10 bits per heavy atom. The number of hydrogen-bond acceptors (Lipinski definition) is 5. The Bertz CT molecular complexity index is 986. The highest BCUT2D eigenvalue weighted by molar-refractivity contribution is 7.10. The van der Waals surface area contributed by atoms with Crippen LogP contribution in [0.15, 0.2) is 29.0 Å². The van der Waals surface area contributed by atoms with Crippen LogP contribution in [0.1, 0.15) is 54.0 Å². The van der Waals surface area contributed by atoms with Crippen LogP contribution in [-0.2, 0) is 16.0 Å². The van der Waals surface area contributed by atoms with Gasteiger partial charge in [0.15, 0.2) is 0 Å². The first-order valence-electron chi connectivity index (χ1n) is 10.5. The van der Waals surface area contributed by atoms with Gasteiger partial charge in [-0.05, 0) is 53.6 Å². The molecule has 2 aromatic heterocycles. The maximum atomic E-state index is 13.4. The Hall–Kier alpha value is -2.19. The van der Waals surface area contributed by atoms with Crippen molar-refractivity contribution in [2.45, 2.75) is 50.6 Å². The molecule has 0 radical (unpaired) electrons. The molecular formula is C22H25N3O3S2. The normalized spacial score (nSPS) is 28.7. The molecule has 0 aromatic carbocycles. The highest BCUT2D eigenvalue weighted by Crippen LogP contribution is 2.41. The quantitative estimate of drug-likeness (QED) is 0.734. The lowest BCUT2D eigenvalue weighted by molar-refractivity contribution is -0.141. The molecule has 0 unspecified atom stereocenters. The van der Waals surface area contributed by atoms with E-state index in [2.05, 4.69) is 22.8 Å². The van der Waals surface area contributed by atoms with Gasteiger partial charge in [-0.2, -0.15) is 0 Å². The van der Waals surface area contributed by atoms with E-state index in [1.165, 1.54) is 4.88 Å². The molecule has 8 heteroatoms. The zero-order valence-electron chi connectivity index (χ0n) is 16.9. The molecule has 1 saturated heterocycles. The first-order chi connectivity index (χ1) is 14.5. The highest BCUT2D eigenvalue weighted by atomic mass is 32.1. The Morgan fingerprint density at radius 1 is 1.23 bits per heavy atom. The molecule has 2 fully saturated rings. The lowest BCUT2D eigenvalue weighted by Gasteiger charge is -2.37. The van der Waals surface area contributed by atoms with Gasteiger partial charge < -0.3 is 10.2 Å². The molecule has 1 N–H and O–H groups in total. The summed E-state index contributed by atoms with van der Waals surface area (Å²) in [6, 6.07) is 5.57. The van der Waals surface area contributed by atoms with Crippen molar-refractivity contribution in [3.8, 4) is 0 Å². The third-order valence-corrected chi connectivity index (χ3v) is 8.81. The molecule has 3 atom stereocenters. The van der Waals surface area contributed by atoms with Crippen molar-refractivity contribution in [3.05, 3.63) is 44.3 Å². The number of nitrogens with one attached hydrogen (secondary N) is 1. The van der Waals surface area contributed by atoms with Crippen molar-refractivity contribution < 1.29 is 14.4 Å². The van der Waals surface area contributed by atoms with Gasteiger partial charge in [-0.15, -0.1) is 22.7 Å². The van der Waals surface area contributed by atoms with Crippen molar-refractivity contribution in [2.24, 2.45) is 5.92 Å². The third-order valence-electron chi connectivity index (χ3n) is 6.89. The van der Waals surface area contributed by atoms with Gasteiger partial charge in [-0.3, -0.25) is 14.5 Å². The molecule has 0 bridgehead atoms. The van der Waals surface area contributed by atoms with Gasteiger partial charge in [0.05, 0.1) is 6.04 Å². The largest absolute Gasteiger partial charge is 0.329 e. The van der Waals surface area contributed by atoms with Crippen LogP contribution < -0.4 is 5.32 Å². The number of carbonyl (C=O) groups is 3.